The molecule has 2 nitrogen and oxygen atoms in total. The summed E-state index contributed by atoms with van der Waals surface area (Å²) in [6.45, 7) is 10.4. The van der Waals surface area contributed by atoms with E-state index in [1.54, 1.807) is 0 Å². The van der Waals surface area contributed by atoms with Gasteiger partial charge in [0.1, 0.15) is 0 Å². The molecule has 114 valence electrons. The Morgan fingerprint density at radius 3 is 2.37 bits per heavy atom. The van der Waals surface area contributed by atoms with Crippen molar-refractivity contribution < 1.29 is 0 Å². The molecule has 3 heteroatoms. The number of nitrogens with one attached hydrogen (secondary N) is 1. The van der Waals surface area contributed by atoms with Gasteiger partial charge in [0.25, 0.3) is 0 Å². The first-order chi connectivity index (χ1) is 8.77. The number of nitrogens with zero attached hydrogens (tertiary/aromatic N) is 1. The molecule has 1 spiro atoms. The van der Waals surface area contributed by atoms with Gasteiger partial charge in [-0.05, 0) is 64.0 Å². The van der Waals surface area contributed by atoms with E-state index in [-0.39, 0.29) is 12.4 Å². The lowest BCUT2D eigenvalue weighted by molar-refractivity contribution is -0.00929. The van der Waals surface area contributed by atoms with Crippen LogP contribution in [0.25, 0.3) is 0 Å². The van der Waals surface area contributed by atoms with Crippen molar-refractivity contribution in [3.8, 4) is 0 Å². The third-order valence-corrected chi connectivity index (χ3v) is 5.22. The molecule has 1 aliphatic carbocycles. The van der Waals surface area contributed by atoms with Gasteiger partial charge < -0.3 is 5.32 Å². The molecule has 0 aromatic carbocycles. The molecule has 0 radical (unpaired) electrons. The van der Waals surface area contributed by atoms with Crippen molar-refractivity contribution in [3.63, 3.8) is 0 Å². The number of hydrogen-bond donors (Lipinski definition) is 1. The van der Waals surface area contributed by atoms with E-state index in [0.717, 1.165) is 17.5 Å². The van der Waals surface area contributed by atoms with Crippen molar-refractivity contribution in [2.24, 2.45) is 5.41 Å². The summed E-state index contributed by atoms with van der Waals surface area (Å²) < 4.78 is 0. The minimum Gasteiger partial charge on any atom is -0.314 e. The predicted molar refractivity (Wildman–Crippen MR) is 86.2 cm³/mol. The van der Waals surface area contributed by atoms with E-state index in [4.69, 9.17) is 0 Å². The van der Waals surface area contributed by atoms with Crippen LogP contribution in [0.5, 0.6) is 0 Å². The van der Waals surface area contributed by atoms with Crippen molar-refractivity contribution in [1.29, 1.82) is 0 Å². The van der Waals surface area contributed by atoms with Gasteiger partial charge in [-0.3, -0.25) is 4.90 Å². The second-order valence-corrected chi connectivity index (χ2v) is 6.46. The van der Waals surface area contributed by atoms with E-state index in [9.17, 15) is 0 Å². The second kappa shape index (κ2) is 7.85. The maximum atomic E-state index is 3.57. The van der Waals surface area contributed by atoms with Gasteiger partial charge in [0.05, 0.1) is 0 Å². The average molecular weight is 289 g/mol. The zero-order chi connectivity index (χ0) is 13.0. The molecule has 2 unspecified atom stereocenters. The molecule has 2 heterocycles. The molecule has 3 rings (SSSR count). The fourth-order valence-corrected chi connectivity index (χ4v) is 4.08. The molecular weight excluding hydrogens is 256 g/mol. The Balaban J connectivity index is 0.000000576. The standard InChI is InChI=1S/C14H26N2.C2H6.ClH/c1-12-10-13(4-8-15-12)16-9-3-7-14(11-16)5-2-6-14;1-2;/h12-13,15H,2-11H2,1H3;1-2H3;1H. The fourth-order valence-electron chi connectivity index (χ4n) is 4.08. The summed E-state index contributed by atoms with van der Waals surface area (Å²) in [7, 11) is 0. The Labute approximate surface area is 126 Å². The number of likely N-dealkylation sites (tertiary alicyclic amines) is 1. The molecule has 0 aromatic heterocycles. The Hall–Kier alpha value is 0.210. The highest BCUT2D eigenvalue weighted by Gasteiger charge is 2.42. The summed E-state index contributed by atoms with van der Waals surface area (Å²) in [5, 5.41) is 3.57. The molecule has 0 amide bonds. The lowest BCUT2D eigenvalue weighted by Crippen LogP contribution is -2.54. The summed E-state index contributed by atoms with van der Waals surface area (Å²) >= 11 is 0. The van der Waals surface area contributed by atoms with Crippen LogP contribution >= 0.6 is 12.4 Å². The molecule has 2 saturated heterocycles. The highest BCUT2D eigenvalue weighted by Crippen LogP contribution is 2.48. The predicted octanol–water partition coefficient (Wildman–Crippen LogP) is 3.84. The zero-order valence-corrected chi connectivity index (χ0v) is 13.9. The smallest absolute Gasteiger partial charge is 0.0122 e. The van der Waals surface area contributed by atoms with Crippen molar-refractivity contribution in [2.75, 3.05) is 19.6 Å². The summed E-state index contributed by atoms with van der Waals surface area (Å²) in [6.07, 6.45) is 10.3. The van der Waals surface area contributed by atoms with Crippen LogP contribution in [0, 0.1) is 5.41 Å². The van der Waals surface area contributed by atoms with Crippen molar-refractivity contribution in [1.82, 2.24) is 10.2 Å². The molecule has 2 aliphatic heterocycles. The number of piperidine rings is 2. The minimum absolute atomic E-state index is 0. The third kappa shape index (κ3) is 4.09. The van der Waals surface area contributed by atoms with Crippen LogP contribution in [0.15, 0.2) is 0 Å². The van der Waals surface area contributed by atoms with Crippen LogP contribution in [-0.4, -0.2) is 36.6 Å². The highest BCUT2D eigenvalue weighted by molar-refractivity contribution is 5.85. The van der Waals surface area contributed by atoms with E-state index in [2.05, 4.69) is 17.1 Å². The first kappa shape index (κ1) is 17.3. The summed E-state index contributed by atoms with van der Waals surface area (Å²) in [5.74, 6) is 0. The van der Waals surface area contributed by atoms with Crippen LogP contribution in [0.2, 0.25) is 0 Å². The minimum atomic E-state index is 0. The Morgan fingerprint density at radius 1 is 1.11 bits per heavy atom. The van der Waals surface area contributed by atoms with Crippen molar-refractivity contribution >= 4 is 12.4 Å². The Morgan fingerprint density at radius 2 is 1.79 bits per heavy atom. The number of halogens is 1. The van der Waals surface area contributed by atoms with Gasteiger partial charge in [0.15, 0.2) is 0 Å². The third-order valence-electron chi connectivity index (χ3n) is 5.22. The van der Waals surface area contributed by atoms with Gasteiger partial charge in [-0.1, -0.05) is 20.3 Å². The van der Waals surface area contributed by atoms with Crippen LogP contribution < -0.4 is 5.32 Å². The van der Waals surface area contributed by atoms with E-state index in [1.807, 2.05) is 13.8 Å². The Kier molecular flexibility index (Phi) is 7.13. The molecule has 1 N–H and O–H groups in total. The zero-order valence-electron chi connectivity index (χ0n) is 13.1. The SMILES string of the molecule is CC.CC1CC(N2CCCC3(CCC3)C2)CCN1.Cl. The quantitative estimate of drug-likeness (QED) is 0.789. The Bertz CT molecular complexity index is 253. The van der Waals surface area contributed by atoms with E-state index < -0.39 is 0 Å². The van der Waals surface area contributed by atoms with Gasteiger partial charge in [-0.25, -0.2) is 0 Å². The van der Waals surface area contributed by atoms with Gasteiger partial charge in [-0.2, -0.15) is 0 Å². The topological polar surface area (TPSA) is 15.3 Å². The highest BCUT2D eigenvalue weighted by atomic mass is 35.5. The van der Waals surface area contributed by atoms with Gasteiger partial charge >= 0.3 is 0 Å². The monoisotopic (exact) mass is 288 g/mol. The van der Waals surface area contributed by atoms with Gasteiger partial charge in [-0.15, -0.1) is 12.4 Å². The number of rotatable bonds is 1. The van der Waals surface area contributed by atoms with Crippen molar-refractivity contribution in [2.45, 2.75) is 77.8 Å². The molecule has 1 saturated carbocycles. The van der Waals surface area contributed by atoms with Gasteiger partial charge in [0, 0.05) is 18.6 Å². The number of hydrogen-bond acceptors (Lipinski definition) is 2. The lowest BCUT2D eigenvalue weighted by atomic mass is 9.64. The first-order valence-electron chi connectivity index (χ1n) is 8.25. The van der Waals surface area contributed by atoms with E-state index >= 15 is 0 Å². The molecular formula is C16H33ClN2. The lowest BCUT2D eigenvalue weighted by Gasteiger charge is -2.52. The first-order valence-corrected chi connectivity index (χ1v) is 8.25. The fraction of sp³-hybridized carbons (Fsp3) is 1.00. The van der Waals surface area contributed by atoms with Crippen LogP contribution in [0.4, 0.5) is 0 Å². The van der Waals surface area contributed by atoms with Gasteiger partial charge in [0.2, 0.25) is 0 Å². The molecule has 19 heavy (non-hydrogen) atoms. The molecule has 0 bridgehead atoms. The summed E-state index contributed by atoms with van der Waals surface area (Å²) in [4.78, 5) is 2.83. The summed E-state index contributed by atoms with van der Waals surface area (Å²) in [6, 6.07) is 1.62. The maximum Gasteiger partial charge on any atom is 0.0122 e. The van der Waals surface area contributed by atoms with E-state index in [0.29, 0.717) is 0 Å². The average Bonchev–Trinajstić information content (AvgIpc) is 2.39. The van der Waals surface area contributed by atoms with Crippen LogP contribution in [0.1, 0.15) is 65.7 Å². The van der Waals surface area contributed by atoms with Crippen LogP contribution in [-0.2, 0) is 0 Å². The van der Waals surface area contributed by atoms with Crippen molar-refractivity contribution in [3.05, 3.63) is 0 Å². The molecule has 3 aliphatic rings. The largest absolute Gasteiger partial charge is 0.314 e. The summed E-state index contributed by atoms with van der Waals surface area (Å²) in [5.41, 5.74) is 0.770. The normalized spacial score (nSPS) is 33.6. The molecule has 0 aromatic rings. The molecule has 2 atom stereocenters. The van der Waals surface area contributed by atoms with E-state index in [1.165, 1.54) is 64.6 Å². The second-order valence-electron chi connectivity index (χ2n) is 6.46. The molecule has 3 fully saturated rings. The van der Waals surface area contributed by atoms with Crippen LogP contribution in [0.3, 0.4) is 0 Å². The maximum absolute atomic E-state index is 3.57.